The molecule has 0 bridgehead atoms. The predicted octanol–water partition coefficient (Wildman–Crippen LogP) is 3.38. The fourth-order valence-electron chi connectivity index (χ4n) is 2.93. The van der Waals surface area contributed by atoms with Crippen LogP contribution in [0.4, 0.5) is 0 Å². The van der Waals surface area contributed by atoms with Crippen molar-refractivity contribution in [3.63, 3.8) is 0 Å². The van der Waals surface area contributed by atoms with Crippen LogP contribution in [0.2, 0.25) is 0 Å². The van der Waals surface area contributed by atoms with Crippen molar-refractivity contribution in [2.75, 3.05) is 13.2 Å². The van der Waals surface area contributed by atoms with E-state index < -0.39 is 0 Å². The lowest BCUT2D eigenvalue weighted by molar-refractivity contribution is -0.137. The van der Waals surface area contributed by atoms with E-state index in [1.807, 2.05) is 35.2 Å². The number of ether oxygens (including phenoxy) is 1. The Morgan fingerprint density at radius 1 is 1.30 bits per heavy atom. The second-order valence-electron chi connectivity index (χ2n) is 5.67. The smallest absolute Gasteiger partial charge is 0.294 e. The molecule has 1 saturated heterocycles. The SMILES string of the molecule is CCC1CCCCN1C(=O)COc1nnc(-c2ccccc2)s1. The molecule has 3 rings (SSSR count). The number of amides is 1. The van der Waals surface area contributed by atoms with Crippen LogP contribution >= 0.6 is 11.3 Å². The average Bonchev–Trinajstić information content (AvgIpc) is 3.09. The van der Waals surface area contributed by atoms with E-state index >= 15 is 0 Å². The van der Waals surface area contributed by atoms with E-state index in [9.17, 15) is 4.79 Å². The minimum absolute atomic E-state index is 0.0416. The van der Waals surface area contributed by atoms with Gasteiger partial charge in [-0.2, -0.15) is 0 Å². The Morgan fingerprint density at radius 3 is 2.91 bits per heavy atom. The first kappa shape index (κ1) is 15.9. The summed E-state index contributed by atoms with van der Waals surface area (Å²) in [6.45, 7) is 3.01. The summed E-state index contributed by atoms with van der Waals surface area (Å²) in [5, 5.41) is 9.40. The highest BCUT2D eigenvalue weighted by atomic mass is 32.1. The van der Waals surface area contributed by atoms with Crippen molar-refractivity contribution in [1.82, 2.24) is 15.1 Å². The molecule has 1 amide bonds. The maximum atomic E-state index is 12.4. The van der Waals surface area contributed by atoms with E-state index in [1.165, 1.54) is 17.8 Å². The van der Waals surface area contributed by atoms with Crippen molar-refractivity contribution in [1.29, 1.82) is 0 Å². The third-order valence-corrected chi connectivity index (χ3v) is 5.05. The molecule has 1 atom stereocenters. The van der Waals surface area contributed by atoms with Gasteiger partial charge < -0.3 is 9.64 Å². The highest BCUT2D eigenvalue weighted by Crippen LogP contribution is 2.27. The standard InChI is InChI=1S/C17H21N3O2S/c1-2-14-10-6-7-11-20(14)15(21)12-22-17-19-18-16(23-17)13-8-4-3-5-9-13/h3-5,8-9,14H,2,6-7,10-12H2,1H3. The van der Waals surface area contributed by atoms with Gasteiger partial charge in [0, 0.05) is 18.2 Å². The molecule has 0 N–H and O–H groups in total. The Morgan fingerprint density at radius 2 is 2.13 bits per heavy atom. The number of piperidine rings is 1. The number of carbonyl (C=O) groups is 1. The van der Waals surface area contributed by atoms with Gasteiger partial charge in [-0.3, -0.25) is 4.79 Å². The maximum absolute atomic E-state index is 12.4. The lowest BCUT2D eigenvalue weighted by atomic mass is 10.00. The topological polar surface area (TPSA) is 55.3 Å². The zero-order valence-corrected chi connectivity index (χ0v) is 14.1. The van der Waals surface area contributed by atoms with Gasteiger partial charge in [-0.05, 0) is 25.7 Å². The largest absolute Gasteiger partial charge is 0.459 e. The van der Waals surface area contributed by atoms with Crippen molar-refractivity contribution in [2.45, 2.75) is 38.6 Å². The minimum Gasteiger partial charge on any atom is -0.459 e. The van der Waals surface area contributed by atoms with E-state index in [0.717, 1.165) is 36.4 Å². The van der Waals surface area contributed by atoms with Crippen molar-refractivity contribution in [2.24, 2.45) is 0 Å². The van der Waals surface area contributed by atoms with Crippen LogP contribution in [0.15, 0.2) is 30.3 Å². The summed E-state index contributed by atoms with van der Waals surface area (Å²) in [7, 11) is 0. The summed E-state index contributed by atoms with van der Waals surface area (Å²) in [4.78, 5) is 14.3. The molecule has 6 heteroatoms. The second kappa shape index (κ2) is 7.55. The Hall–Kier alpha value is -1.95. The number of aromatic nitrogens is 2. The third kappa shape index (κ3) is 3.88. The van der Waals surface area contributed by atoms with Gasteiger partial charge in [-0.25, -0.2) is 0 Å². The molecule has 122 valence electrons. The Bertz CT molecular complexity index is 644. The van der Waals surface area contributed by atoms with Crippen LogP contribution < -0.4 is 4.74 Å². The van der Waals surface area contributed by atoms with Crippen LogP contribution in [0, 0.1) is 0 Å². The number of likely N-dealkylation sites (tertiary alicyclic amines) is 1. The molecule has 23 heavy (non-hydrogen) atoms. The van der Waals surface area contributed by atoms with Crippen LogP contribution in [-0.4, -0.2) is 40.2 Å². The van der Waals surface area contributed by atoms with Crippen molar-refractivity contribution in [3.8, 4) is 15.8 Å². The molecule has 1 aromatic carbocycles. The molecule has 0 saturated carbocycles. The average molecular weight is 331 g/mol. The molecular weight excluding hydrogens is 310 g/mol. The monoisotopic (exact) mass is 331 g/mol. The first-order valence-corrected chi connectivity index (χ1v) is 8.90. The molecule has 0 spiro atoms. The molecule has 1 unspecified atom stereocenters. The van der Waals surface area contributed by atoms with Gasteiger partial charge in [0.15, 0.2) is 11.6 Å². The van der Waals surface area contributed by atoms with Crippen LogP contribution in [0.25, 0.3) is 10.6 Å². The Labute approximate surface area is 140 Å². The van der Waals surface area contributed by atoms with E-state index in [1.54, 1.807) is 0 Å². The van der Waals surface area contributed by atoms with Gasteiger partial charge in [0.1, 0.15) is 0 Å². The summed E-state index contributed by atoms with van der Waals surface area (Å²) in [5.41, 5.74) is 1.01. The first-order chi connectivity index (χ1) is 11.3. The van der Waals surface area contributed by atoms with Gasteiger partial charge in [0.05, 0.1) is 0 Å². The van der Waals surface area contributed by atoms with E-state index in [2.05, 4.69) is 17.1 Å². The number of carbonyl (C=O) groups excluding carboxylic acids is 1. The Balaban J connectivity index is 1.58. The summed E-state index contributed by atoms with van der Waals surface area (Å²) in [6.07, 6.45) is 4.39. The molecular formula is C17H21N3O2S. The van der Waals surface area contributed by atoms with E-state index in [-0.39, 0.29) is 12.5 Å². The molecule has 1 aliphatic heterocycles. The first-order valence-electron chi connectivity index (χ1n) is 8.09. The van der Waals surface area contributed by atoms with Crippen molar-refractivity contribution in [3.05, 3.63) is 30.3 Å². The minimum atomic E-state index is 0.0416. The zero-order chi connectivity index (χ0) is 16.1. The molecule has 2 aromatic rings. The van der Waals surface area contributed by atoms with Gasteiger partial charge >= 0.3 is 0 Å². The lowest BCUT2D eigenvalue weighted by Gasteiger charge is -2.35. The summed E-state index contributed by atoms with van der Waals surface area (Å²) >= 11 is 1.37. The normalized spacial score (nSPS) is 18.0. The molecule has 0 radical (unpaired) electrons. The molecule has 0 aliphatic carbocycles. The number of nitrogens with zero attached hydrogens (tertiary/aromatic N) is 3. The molecule has 2 heterocycles. The molecule has 5 nitrogen and oxygen atoms in total. The van der Waals surface area contributed by atoms with Crippen molar-refractivity contribution < 1.29 is 9.53 Å². The summed E-state index contributed by atoms with van der Waals surface area (Å²) in [6, 6.07) is 10.2. The summed E-state index contributed by atoms with van der Waals surface area (Å²) < 4.78 is 5.57. The maximum Gasteiger partial charge on any atom is 0.294 e. The van der Waals surface area contributed by atoms with Gasteiger partial charge in [0.25, 0.3) is 11.1 Å². The van der Waals surface area contributed by atoms with E-state index in [0.29, 0.717) is 11.2 Å². The second-order valence-corrected chi connectivity index (χ2v) is 6.61. The van der Waals surface area contributed by atoms with Gasteiger partial charge in [0.2, 0.25) is 0 Å². The highest BCUT2D eigenvalue weighted by molar-refractivity contribution is 7.16. The van der Waals surface area contributed by atoms with Crippen LogP contribution in [0.1, 0.15) is 32.6 Å². The van der Waals surface area contributed by atoms with Crippen LogP contribution in [0.5, 0.6) is 5.19 Å². The van der Waals surface area contributed by atoms with Gasteiger partial charge in [-0.1, -0.05) is 53.7 Å². The quantitative estimate of drug-likeness (QED) is 0.843. The van der Waals surface area contributed by atoms with Crippen LogP contribution in [-0.2, 0) is 4.79 Å². The van der Waals surface area contributed by atoms with Crippen molar-refractivity contribution >= 4 is 17.2 Å². The third-order valence-electron chi connectivity index (χ3n) is 4.17. The number of benzene rings is 1. The van der Waals surface area contributed by atoms with E-state index in [4.69, 9.17) is 4.74 Å². The molecule has 1 aliphatic rings. The predicted molar refractivity (Wildman–Crippen MR) is 90.5 cm³/mol. The van der Waals surface area contributed by atoms with Crippen LogP contribution in [0.3, 0.4) is 0 Å². The number of rotatable bonds is 5. The summed E-state index contributed by atoms with van der Waals surface area (Å²) in [5.74, 6) is 0.0491. The highest BCUT2D eigenvalue weighted by Gasteiger charge is 2.25. The van der Waals surface area contributed by atoms with Gasteiger partial charge in [-0.15, -0.1) is 5.10 Å². The zero-order valence-electron chi connectivity index (χ0n) is 13.3. The number of hydrogen-bond acceptors (Lipinski definition) is 5. The number of hydrogen-bond donors (Lipinski definition) is 0. The molecule has 1 aromatic heterocycles. The molecule has 1 fully saturated rings. The Kier molecular flexibility index (Phi) is 5.23. The fourth-order valence-corrected chi connectivity index (χ4v) is 3.63. The fraction of sp³-hybridized carbons (Fsp3) is 0.471. The lowest BCUT2D eigenvalue weighted by Crippen LogP contribution is -2.45.